The summed E-state index contributed by atoms with van der Waals surface area (Å²) in [7, 11) is -12.5. The van der Waals surface area contributed by atoms with Crippen LogP contribution in [-0.4, -0.2) is 245 Å². The molecule has 0 fully saturated rings. The zero-order valence-electron chi connectivity index (χ0n) is 67.3. The van der Waals surface area contributed by atoms with Crippen LogP contribution >= 0.6 is 0 Å². The second-order valence-corrected chi connectivity index (χ2v) is 76.1. The average molecular weight is 1490 g/mol. The molecule has 0 saturated carbocycles. The Kier molecular flexibility index (Phi) is 66.0. The van der Waals surface area contributed by atoms with E-state index in [2.05, 4.69) is 193 Å². The Morgan fingerprint density at radius 1 is 0.426 bits per heavy atom. The van der Waals surface area contributed by atoms with E-state index in [1.807, 2.05) is 53.6 Å². The number of aliphatic hydroxyl groups is 10. The Morgan fingerprint density at radius 2 is 0.734 bits per heavy atom. The van der Waals surface area contributed by atoms with Gasteiger partial charge in [-0.2, -0.15) is 0 Å². The SMILES string of the molecule is C=CC(O)C=N[Si](C)(C)C.CC(C)(O)C=N.CC(O)(C=N)[Si](C)(C)C.CC(O)C=N[Si](C)(C)C.CCC(C)(O)C=N.CCC(O)(C=N)CC.CCC(O)C=N[Si](C)(C)C.CC[Si](CC)(CC)C(O)C=N[Si](C)(C)C.C[Si](C)(C)N=CC(O)[Si](C)(C)C.C[Si](C)(C)N=CCO. The molecule has 0 amide bonds. The van der Waals surface area contributed by atoms with Gasteiger partial charge in [-0.3, -0.25) is 0 Å². The van der Waals surface area contributed by atoms with Crippen LogP contribution in [-0.2, 0) is 0 Å². The van der Waals surface area contributed by atoms with Gasteiger partial charge in [0.2, 0.25) is 0 Å². The molecule has 0 aliphatic carbocycles. The first-order chi connectivity index (χ1) is 41.5. The normalized spacial score (nSPS) is 15.6. The van der Waals surface area contributed by atoms with Gasteiger partial charge < -0.3 is 101 Å². The summed E-state index contributed by atoms with van der Waals surface area (Å²) in [6.07, 6.45) is 17.1. The molecule has 0 aromatic carbocycles. The highest BCUT2D eigenvalue weighted by molar-refractivity contribution is 6.84. The van der Waals surface area contributed by atoms with Crippen LogP contribution in [0.25, 0.3) is 0 Å². The van der Waals surface area contributed by atoms with Crippen LogP contribution in [0.15, 0.2) is 40.6 Å². The lowest BCUT2D eigenvalue weighted by molar-refractivity contribution is 0.108. The molecule has 0 heterocycles. The van der Waals surface area contributed by atoms with Gasteiger partial charge in [0.15, 0.2) is 49.4 Å². The summed E-state index contributed by atoms with van der Waals surface area (Å²) in [5.41, 5.74) is -3.16. The lowest BCUT2D eigenvalue weighted by atomic mass is 10.00. The van der Waals surface area contributed by atoms with Gasteiger partial charge in [-0.25, -0.2) is 0 Å². The van der Waals surface area contributed by atoms with E-state index in [9.17, 15) is 20.4 Å². The monoisotopic (exact) mass is 1490 g/mol. The molecule has 0 aliphatic heterocycles. The van der Waals surface area contributed by atoms with Crippen LogP contribution in [0.3, 0.4) is 0 Å². The molecule has 0 bridgehead atoms. The van der Waals surface area contributed by atoms with Gasteiger partial charge in [-0.1, -0.05) is 112 Å². The zero-order valence-corrected chi connectivity index (χ0v) is 76.3. The second kappa shape index (κ2) is 54.8. The van der Waals surface area contributed by atoms with E-state index in [-0.39, 0.29) is 24.2 Å². The molecule has 20 nitrogen and oxygen atoms in total. The van der Waals surface area contributed by atoms with Crippen molar-refractivity contribution in [2.75, 3.05) is 6.61 Å². The lowest BCUT2D eigenvalue weighted by Crippen LogP contribution is -2.50. The molecule has 0 aliphatic rings. The number of nitrogens with zero attached hydrogens (tertiary/aromatic N) is 6. The van der Waals surface area contributed by atoms with E-state index < -0.39 is 108 Å². The highest BCUT2D eigenvalue weighted by atomic mass is 28.4. The van der Waals surface area contributed by atoms with Crippen LogP contribution in [0.1, 0.15) is 109 Å². The minimum Gasteiger partial charge on any atom is -0.391 e. The Bertz CT molecular complexity index is 2080. The summed E-state index contributed by atoms with van der Waals surface area (Å²) >= 11 is 0. The first-order valence-corrected chi connectivity index (χ1v) is 63.9. The first-order valence-electron chi connectivity index (χ1n) is 33.4. The topological polar surface area (TPSA) is 372 Å². The molecule has 14 N–H and O–H groups in total. The number of aliphatic hydroxyl groups excluding tert-OH is 6. The largest absolute Gasteiger partial charge is 0.391 e. The molecule has 0 aromatic heterocycles. The van der Waals surface area contributed by atoms with E-state index in [1.54, 1.807) is 65.7 Å². The second-order valence-electron chi connectivity index (χ2n) is 32.2. The number of hydrogen-bond acceptors (Lipinski definition) is 20. The molecule has 0 radical (unpaired) electrons. The van der Waals surface area contributed by atoms with Gasteiger partial charge in [0.05, 0.1) is 76.5 Å². The third kappa shape index (κ3) is 92.0. The highest BCUT2D eigenvalue weighted by Gasteiger charge is 2.36. The fourth-order valence-corrected chi connectivity index (χ4v) is 12.6. The van der Waals surface area contributed by atoms with Crippen LogP contribution < -0.4 is 0 Å². The summed E-state index contributed by atoms with van der Waals surface area (Å²) in [5, 5.41) is 117. The van der Waals surface area contributed by atoms with E-state index in [1.165, 1.54) is 6.08 Å². The quantitative estimate of drug-likeness (QED) is 0.0209. The van der Waals surface area contributed by atoms with Gasteiger partial charge >= 0.3 is 0 Å². The van der Waals surface area contributed by atoms with Crippen molar-refractivity contribution in [1.82, 2.24) is 0 Å². The van der Waals surface area contributed by atoms with E-state index in [4.69, 9.17) is 52.3 Å². The summed E-state index contributed by atoms with van der Waals surface area (Å²) < 4.78 is 25.9. The fraction of sp³-hybridized carbons (Fsp3) is 0.815. The molecule has 0 spiro atoms. The summed E-state index contributed by atoms with van der Waals surface area (Å²) in [4.78, 5) is 0. The molecule has 7 atom stereocenters. The molecule has 0 rings (SSSR count). The zero-order chi connectivity index (χ0) is 78.1. The highest BCUT2D eigenvalue weighted by Crippen LogP contribution is 2.24. The minimum absolute atomic E-state index is 0.0737. The van der Waals surface area contributed by atoms with E-state index in [0.29, 0.717) is 19.3 Å². The predicted octanol–water partition coefficient (Wildman–Crippen LogP) is 14.3. The van der Waals surface area contributed by atoms with Crippen LogP contribution in [0.2, 0.25) is 175 Å². The van der Waals surface area contributed by atoms with Crippen LogP contribution in [0, 0.1) is 21.6 Å². The summed E-state index contributed by atoms with van der Waals surface area (Å²) in [6.45, 7) is 77.0. The van der Waals surface area contributed by atoms with Crippen molar-refractivity contribution in [3.63, 3.8) is 0 Å². The van der Waals surface area contributed by atoms with Crippen molar-refractivity contribution in [2.45, 2.75) is 336 Å². The van der Waals surface area contributed by atoms with Gasteiger partial charge in [-0.05, 0) is 178 Å². The van der Waals surface area contributed by atoms with E-state index >= 15 is 0 Å². The van der Waals surface area contributed by atoms with Gasteiger partial charge in [0.25, 0.3) is 0 Å². The number of rotatable bonds is 27. The third-order valence-electron chi connectivity index (χ3n) is 12.7. The maximum atomic E-state index is 10.3. The first kappa shape index (κ1) is 113. The molecule has 7 unspecified atom stereocenters. The predicted molar refractivity (Wildman–Crippen MR) is 447 cm³/mol. The Morgan fingerprint density at radius 3 is 0.883 bits per heavy atom. The van der Waals surface area contributed by atoms with Crippen molar-refractivity contribution in [1.29, 1.82) is 21.6 Å². The van der Waals surface area contributed by atoms with Crippen molar-refractivity contribution in [3.8, 4) is 0 Å². The fourth-order valence-electron chi connectivity index (χ4n) is 4.54. The van der Waals surface area contributed by atoms with Crippen molar-refractivity contribution >= 4 is 136 Å². The summed E-state index contributed by atoms with van der Waals surface area (Å²) in [6, 6.07) is 3.46. The standard InChI is InChI=1S/C11H27NOSi2.C8H21NOSi2.C7H17NOSi.C7H15NOSi.2C6H15NOSi.C6H13NO.C5H13NOSi.C5H11NO.C4H9NO/c1-7-15(8-2,9-3)11(13)10-12-14(4,5)6;1-11(2,3)8(10)7-9-12(4,5)6;2*1-5-7(9)6-8-10(2,3)4;1-6(8)5-7-9(2,3)4;1-6(8,5-7)9(2,3)4;1-3-6(8,4-2)5-7;1-8(2,3)6-4-5-7;1-3-5(2,7)4-6;1-4(2,6)3-5/h10-11,13H,7-9H2,1-6H3;7-8,10H,1-6H3;6-7,9H,5H2,1-4H3;5-7,9H,1H2,2-4H3;5-6,8H,1-4H3;5,7-8H,1-4H3;5,7-8H,3-4H2,1-2H3;4,7H,5H2,1-3H3;4,6-7H,3H2,1-2H3;3,5-6H,1-2H3. The minimum atomic E-state index is -1.57. The van der Waals surface area contributed by atoms with Gasteiger partial charge in [0, 0.05) is 62.1 Å². The Balaban J connectivity index is -0.000000105. The smallest absolute Gasteiger partial charge is 0.171 e. The van der Waals surface area contributed by atoms with Crippen molar-refractivity contribution in [3.05, 3.63) is 12.7 Å². The van der Waals surface area contributed by atoms with Crippen molar-refractivity contribution in [2.24, 2.45) is 27.9 Å². The van der Waals surface area contributed by atoms with Gasteiger partial charge in [-0.15, -0.1) is 6.58 Å². The molecule has 0 saturated heterocycles. The number of nitrogens with one attached hydrogen (secondary N) is 4. The third-order valence-corrected chi connectivity index (χ3v) is 29.0. The van der Waals surface area contributed by atoms with E-state index in [0.717, 1.165) is 49.4 Å². The molecular formula is C65H156N10O10Si9. The van der Waals surface area contributed by atoms with Crippen molar-refractivity contribution < 1.29 is 51.1 Å². The molecule has 29 heteroatoms. The number of hydrogen-bond donors (Lipinski definition) is 14. The average Bonchev–Trinajstić information content (AvgIpc) is 0.907. The maximum absolute atomic E-state index is 10.3. The Hall–Kier alpha value is -2.01. The van der Waals surface area contributed by atoms with Crippen LogP contribution in [0.4, 0.5) is 0 Å². The molecular weight excluding hydrogens is 1330 g/mol. The maximum Gasteiger partial charge on any atom is 0.171 e. The van der Waals surface area contributed by atoms with Gasteiger partial charge in [0.1, 0.15) is 6.10 Å². The lowest BCUT2D eigenvalue weighted by Gasteiger charge is -2.31. The Labute approximate surface area is 587 Å². The molecule has 0 aromatic rings. The summed E-state index contributed by atoms with van der Waals surface area (Å²) in [5.74, 6) is 0. The van der Waals surface area contributed by atoms with Crippen LogP contribution in [0.5, 0.6) is 0 Å². The molecule has 562 valence electrons. The molecule has 94 heavy (non-hydrogen) atoms.